The molecular weight excluding hydrogens is 637 g/mol. The van der Waals surface area contributed by atoms with Crippen LogP contribution in [0.1, 0.15) is 52.9 Å². The van der Waals surface area contributed by atoms with Crippen LogP contribution in [-0.4, -0.2) is 103 Å². The first-order chi connectivity index (χ1) is 20.6. The molecule has 3 aliphatic rings. The summed E-state index contributed by atoms with van der Waals surface area (Å²) in [6, 6.07) is -1.08. The molecule has 0 aromatic rings. The molecule has 0 bridgehead atoms. The number of nitrogens with one attached hydrogen (secondary N) is 1. The molecule has 2 amide bonds. The minimum absolute atomic E-state index is 0. The van der Waals surface area contributed by atoms with Gasteiger partial charge < -0.3 is 42.1 Å². The number of nitrogens with two attached hydrogens (primary N) is 2. The minimum atomic E-state index is -1.14. The average Bonchev–Trinajstić information content (AvgIpc) is 3.46. The number of nitrogens with zero attached hydrogens (tertiary/aromatic N) is 2. The van der Waals surface area contributed by atoms with Gasteiger partial charge in [0.15, 0.2) is 0 Å². The fourth-order valence-electron chi connectivity index (χ4n) is 4.86. The van der Waals surface area contributed by atoms with Crippen LogP contribution in [-0.2, 0) is 24.0 Å². The number of β-lactam (4-membered cyclic amide) rings is 1. The van der Waals surface area contributed by atoms with Crippen molar-refractivity contribution in [2.75, 3.05) is 23.8 Å². The monoisotopic (exact) mass is 680 g/mol. The van der Waals surface area contributed by atoms with Crippen molar-refractivity contribution in [2.45, 2.75) is 71.1 Å². The van der Waals surface area contributed by atoms with E-state index in [-0.39, 0.29) is 70.1 Å². The van der Waals surface area contributed by atoms with Crippen LogP contribution in [0, 0.1) is 17.3 Å². The van der Waals surface area contributed by atoms with Gasteiger partial charge in [-0.2, -0.15) is 11.8 Å². The van der Waals surface area contributed by atoms with Crippen LogP contribution in [0.25, 0.3) is 0 Å². The van der Waals surface area contributed by atoms with Gasteiger partial charge >= 0.3 is 47.5 Å². The molecule has 5 atom stereocenters. The maximum Gasteiger partial charge on any atom is 1.00 e. The SMILES string of the molecule is CC(O)C1C(=O)N2C(C(=O)O)=C(SCCN=CN)CC12.CC1(C)CC1C(=O)N/C(=C/CCCCSCC(N)C(=O)O)C(=O)O.[Na+]. The van der Waals surface area contributed by atoms with Gasteiger partial charge in [0.05, 0.1) is 30.9 Å². The largest absolute Gasteiger partial charge is 1.00 e. The number of aliphatic imine (C=N–C) groups is 1. The number of rotatable bonds is 17. The van der Waals surface area contributed by atoms with E-state index in [1.54, 1.807) is 6.92 Å². The minimum Gasteiger partial charge on any atom is -0.480 e. The number of allylic oxidation sites excluding steroid dienone is 1. The number of aliphatic carboxylic acids is 3. The molecule has 0 aromatic heterocycles. The summed E-state index contributed by atoms with van der Waals surface area (Å²) in [5.74, 6) is -2.67. The number of aliphatic hydroxyl groups is 1. The number of carbonyl (C=O) groups is 5. The molecule has 0 radical (unpaired) electrons. The van der Waals surface area contributed by atoms with Crippen molar-refractivity contribution in [1.82, 2.24) is 10.2 Å². The number of fused-ring (bicyclic) bond motifs is 1. The number of thioether (sulfide) groups is 2. The zero-order valence-electron chi connectivity index (χ0n) is 26.1. The Balaban J connectivity index is 0.000000446. The van der Waals surface area contributed by atoms with Crippen molar-refractivity contribution in [2.24, 2.45) is 33.7 Å². The predicted octanol–water partition coefficient (Wildman–Crippen LogP) is -1.95. The molecule has 5 unspecified atom stereocenters. The molecule has 1 saturated heterocycles. The van der Waals surface area contributed by atoms with Gasteiger partial charge in [0.1, 0.15) is 17.4 Å². The molecule has 14 nitrogen and oxygen atoms in total. The summed E-state index contributed by atoms with van der Waals surface area (Å²) in [4.78, 5) is 62.8. The van der Waals surface area contributed by atoms with Gasteiger partial charge in [-0.25, -0.2) is 9.59 Å². The van der Waals surface area contributed by atoms with Crippen LogP contribution in [0.4, 0.5) is 0 Å². The topological polar surface area (TPSA) is 246 Å². The van der Waals surface area contributed by atoms with Crippen LogP contribution >= 0.6 is 23.5 Å². The van der Waals surface area contributed by atoms with Gasteiger partial charge in [0.25, 0.3) is 0 Å². The van der Waals surface area contributed by atoms with Crippen LogP contribution in [0.5, 0.6) is 0 Å². The molecule has 45 heavy (non-hydrogen) atoms. The summed E-state index contributed by atoms with van der Waals surface area (Å²) in [5.41, 5.74) is 10.5. The van der Waals surface area contributed by atoms with Crippen molar-refractivity contribution >= 4 is 59.6 Å². The van der Waals surface area contributed by atoms with E-state index >= 15 is 0 Å². The third kappa shape index (κ3) is 11.9. The summed E-state index contributed by atoms with van der Waals surface area (Å²) >= 11 is 2.84. The molecule has 0 spiro atoms. The normalized spacial score (nSPS) is 22.8. The van der Waals surface area contributed by atoms with E-state index in [1.165, 1.54) is 40.8 Å². The molecule has 1 aliphatic carbocycles. The van der Waals surface area contributed by atoms with E-state index in [1.807, 2.05) is 13.8 Å². The molecule has 17 heteroatoms. The second-order valence-corrected chi connectivity index (χ2v) is 13.7. The molecule has 9 N–H and O–H groups in total. The van der Waals surface area contributed by atoms with Crippen LogP contribution in [0.2, 0.25) is 0 Å². The summed E-state index contributed by atoms with van der Waals surface area (Å²) in [6.07, 6.45) is 5.37. The Hall–Kier alpha value is -2.08. The number of carboxylic acids is 3. The maximum absolute atomic E-state index is 12.0. The first-order valence-corrected chi connectivity index (χ1v) is 16.4. The number of hydrogen-bond acceptors (Lipinski definition) is 10. The molecule has 1 saturated carbocycles. The Morgan fingerprint density at radius 3 is 2.33 bits per heavy atom. The quantitative estimate of drug-likeness (QED) is 0.0221. The van der Waals surface area contributed by atoms with Gasteiger partial charge in [0, 0.05) is 28.7 Å². The second kappa shape index (κ2) is 18.9. The zero-order valence-corrected chi connectivity index (χ0v) is 29.7. The molecule has 246 valence electrons. The Bertz CT molecular complexity index is 1190. The molecule has 0 aromatic carbocycles. The van der Waals surface area contributed by atoms with Gasteiger partial charge in [-0.1, -0.05) is 19.9 Å². The number of carboxylic acid groups (broad SMARTS) is 3. The van der Waals surface area contributed by atoms with Gasteiger partial charge in [-0.05, 0) is 43.8 Å². The predicted molar refractivity (Wildman–Crippen MR) is 168 cm³/mol. The van der Waals surface area contributed by atoms with Crippen molar-refractivity contribution in [3.8, 4) is 0 Å². The molecule has 2 fully saturated rings. The first kappa shape index (κ1) is 40.9. The molecule has 2 aliphatic heterocycles. The summed E-state index contributed by atoms with van der Waals surface area (Å²) in [5, 5.41) is 39.2. The third-order valence-electron chi connectivity index (χ3n) is 7.52. The smallest absolute Gasteiger partial charge is 0.480 e. The van der Waals surface area contributed by atoms with E-state index in [2.05, 4.69) is 10.3 Å². The first-order valence-electron chi connectivity index (χ1n) is 14.2. The van der Waals surface area contributed by atoms with E-state index in [9.17, 15) is 34.2 Å². The fraction of sp³-hybridized carbons (Fsp3) is 0.643. The van der Waals surface area contributed by atoms with Gasteiger partial charge in [0.2, 0.25) is 11.8 Å². The number of aliphatic hydroxyl groups excluding tert-OH is 1. The van der Waals surface area contributed by atoms with Crippen LogP contribution < -0.4 is 46.3 Å². The fourth-order valence-corrected chi connectivity index (χ4v) is 6.88. The van der Waals surface area contributed by atoms with Crippen LogP contribution in [0.3, 0.4) is 0 Å². The van der Waals surface area contributed by atoms with E-state index in [0.29, 0.717) is 35.8 Å². The van der Waals surface area contributed by atoms with Crippen molar-refractivity contribution < 1.29 is 74.0 Å². The number of amides is 2. The van der Waals surface area contributed by atoms with Crippen molar-refractivity contribution in [3.05, 3.63) is 22.4 Å². The summed E-state index contributed by atoms with van der Waals surface area (Å²) in [7, 11) is 0. The van der Waals surface area contributed by atoms with Gasteiger partial charge in [-0.15, -0.1) is 11.8 Å². The number of carbonyl (C=O) groups excluding carboxylic acids is 2. The van der Waals surface area contributed by atoms with E-state index in [0.717, 1.165) is 25.0 Å². The standard InChI is InChI=1S/C16H26N2O5S.C12H17N3O4S.Na/c1-16(2)8-10(16)13(19)18-12(15(22)23)6-4-3-5-7-24-9-11(17)14(20)21;1-6(16)9-7-4-8(20-3-2-14-5-13)10(12(18)19)15(7)11(9)17;/h6,10-11H,3-5,7-9,17H2,1-2H3,(H,18,19)(H,20,21)(H,22,23);5-7,9,16H,2-4H2,1H3,(H2,13,14)(H,18,19);/q;;+1/b12-6+;;. The maximum atomic E-state index is 12.0. The molecule has 3 rings (SSSR count). The van der Waals surface area contributed by atoms with E-state index < -0.39 is 36.0 Å². The molecular formula is C28H43N5NaO9S2+. The number of unbranched alkanes of at least 4 members (excludes halogenated alkanes) is 2. The number of hydrogen-bond donors (Lipinski definition) is 7. The Morgan fingerprint density at radius 2 is 1.82 bits per heavy atom. The Kier molecular flexibility index (Phi) is 17.2. The summed E-state index contributed by atoms with van der Waals surface area (Å²) in [6.45, 7) is 6.02. The zero-order chi connectivity index (χ0) is 33.2. The molecule has 2 heterocycles. The second-order valence-electron chi connectivity index (χ2n) is 11.4. The Morgan fingerprint density at radius 1 is 1.18 bits per heavy atom. The third-order valence-corrected chi connectivity index (χ3v) is 9.78. The van der Waals surface area contributed by atoms with Gasteiger partial charge in [-0.3, -0.25) is 19.4 Å². The van der Waals surface area contributed by atoms with Crippen molar-refractivity contribution in [1.29, 1.82) is 0 Å². The van der Waals surface area contributed by atoms with E-state index in [4.69, 9.17) is 21.7 Å². The Labute approximate surface area is 293 Å². The van der Waals surface area contributed by atoms with Crippen LogP contribution in [0.15, 0.2) is 27.4 Å². The average molecular weight is 681 g/mol. The summed E-state index contributed by atoms with van der Waals surface area (Å²) < 4.78 is 0. The van der Waals surface area contributed by atoms with Crippen molar-refractivity contribution in [3.63, 3.8) is 0 Å².